The highest BCUT2D eigenvalue weighted by molar-refractivity contribution is 4.62. The molecule has 0 heterocycles. The van der Waals surface area contributed by atoms with Gasteiger partial charge in [0.2, 0.25) is 0 Å². The molecule has 0 fully saturated rings. The molecule has 14 heavy (non-hydrogen) atoms. The molecule has 0 saturated carbocycles. The first kappa shape index (κ1) is 16.3. The van der Waals surface area contributed by atoms with Gasteiger partial charge in [-0.05, 0) is 20.3 Å². The highest BCUT2D eigenvalue weighted by atomic mass is 16.3. The summed E-state index contributed by atoms with van der Waals surface area (Å²) in [6.45, 7) is 12.0. The van der Waals surface area contributed by atoms with Crippen LogP contribution in [0.2, 0.25) is 0 Å². The first-order valence-electron chi connectivity index (χ1n) is 5.28. The number of aliphatic hydroxyl groups excluding tert-OH is 1. The van der Waals surface area contributed by atoms with E-state index < -0.39 is 5.60 Å². The Hall–Kier alpha value is -0.120. The van der Waals surface area contributed by atoms with Crippen molar-refractivity contribution in [3.8, 4) is 0 Å². The molecule has 0 aliphatic heterocycles. The van der Waals surface area contributed by atoms with Crippen LogP contribution in [0.25, 0.3) is 0 Å². The Morgan fingerprint density at radius 1 is 1.07 bits per heavy atom. The highest BCUT2D eigenvalue weighted by Crippen LogP contribution is 2.04. The number of hydrogen-bond donors (Lipinski definition) is 3. The molecule has 0 aliphatic carbocycles. The largest absolute Gasteiger partial charge is 0.396 e. The average Bonchev–Trinajstić information content (AvgIpc) is 1.80. The Balaban J connectivity index is 0. The molecule has 0 unspecified atom stereocenters. The third kappa shape index (κ3) is 22.6. The molecule has 0 atom stereocenters. The maximum absolute atomic E-state index is 8.86. The molecular weight excluding hydrogens is 178 g/mol. The molecule has 0 aromatic rings. The molecule has 88 valence electrons. The number of rotatable bonds is 4. The zero-order chi connectivity index (χ0) is 11.8. The number of aliphatic hydroxyl groups is 2. The molecule has 0 rings (SSSR count). The van der Waals surface area contributed by atoms with Crippen LogP contribution in [0.1, 0.15) is 48.0 Å². The van der Waals surface area contributed by atoms with Crippen LogP contribution >= 0.6 is 0 Å². The lowest BCUT2D eigenvalue weighted by atomic mass is 10.1. The summed E-state index contributed by atoms with van der Waals surface area (Å²) >= 11 is 0. The van der Waals surface area contributed by atoms with Crippen LogP contribution in [0.3, 0.4) is 0 Å². The van der Waals surface area contributed by atoms with E-state index >= 15 is 0 Å². The fraction of sp³-hybridized carbons (Fsp3) is 1.00. The molecule has 0 spiro atoms. The maximum Gasteiger partial charge on any atom is 0.0613 e. The molecule has 0 radical (unpaired) electrons. The Morgan fingerprint density at radius 3 is 1.43 bits per heavy atom. The molecule has 0 saturated heterocycles. The summed E-state index contributed by atoms with van der Waals surface area (Å²) in [4.78, 5) is 0. The van der Waals surface area contributed by atoms with Crippen LogP contribution in [-0.2, 0) is 0 Å². The Morgan fingerprint density at radius 2 is 1.43 bits per heavy atom. The molecule has 0 aromatic heterocycles. The molecule has 0 aromatic carbocycles. The second-order valence-corrected chi connectivity index (χ2v) is 4.76. The fourth-order valence-corrected chi connectivity index (χ4v) is 0.940. The number of hydrogen-bond acceptors (Lipinski definition) is 3. The van der Waals surface area contributed by atoms with E-state index in [-0.39, 0.29) is 6.61 Å². The predicted octanol–water partition coefficient (Wildman–Crippen LogP) is 1.53. The minimum Gasteiger partial charge on any atom is -0.396 e. The van der Waals surface area contributed by atoms with Crippen molar-refractivity contribution in [1.82, 2.24) is 5.32 Å². The van der Waals surface area contributed by atoms with E-state index in [1.54, 1.807) is 13.8 Å². The molecule has 3 heteroatoms. The van der Waals surface area contributed by atoms with E-state index in [9.17, 15) is 0 Å². The zero-order valence-electron chi connectivity index (χ0n) is 10.5. The van der Waals surface area contributed by atoms with E-state index in [0.717, 1.165) is 0 Å². The lowest BCUT2D eigenvalue weighted by Gasteiger charge is -2.13. The van der Waals surface area contributed by atoms with Crippen molar-refractivity contribution in [1.29, 1.82) is 0 Å². The summed E-state index contributed by atoms with van der Waals surface area (Å²) in [6, 6.07) is 1.25. The van der Waals surface area contributed by atoms with Crippen LogP contribution in [0.4, 0.5) is 0 Å². The van der Waals surface area contributed by atoms with Crippen molar-refractivity contribution in [3.05, 3.63) is 0 Å². The quantitative estimate of drug-likeness (QED) is 0.652. The van der Waals surface area contributed by atoms with Gasteiger partial charge in [-0.15, -0.1) is 0 Å². The van der Waals surface area contributed by atoms with Crippen molar-refractivity contribution in [2.45, 2.75) is 65.6 Å². The number of nitrogens with one attached hydrogen (secondary N) is 1. The second-order valence-electron chi connectivity index (χ2n) is 4.76. The van der Waals surface area contributed by atoms with Gasteiger partial charge in [0.1, 0.15) is 0 Å². The molecule has 3 nitrogen and oxygen atoms in total. The zero-order valence-corrected chi connectivity index (χ0v) is 10.5. The average molecular weight is 205 g/mol. The topological polar surface area (TPSA) is 52.5 Å². The van der Waals surface area contributed by atoms with Crippen LogP contribution in [0.5, 0.6) is 0 Å². The lowest BCUT2D eigenvalue weighted by Crippen LogP contribution is -2.29. The van der Waals surface area contributed by atoms with Crippen molar-refractivity contribution in [3.63, 3.8) is 0 Å². The van der Waals surface area contributed by atoms with Crippen LogP contribution in [0, 0.1) is 0 Å². The monoisotopic (exact) mass is 205 g/mol. The van der Waals surface area contributed by atoms with Gasteiger partial charge >= 0.3 is 0 Å². The first-order valence-corrected chi connectivity index (χ1v) is 5.28. The van der Waals surface area contributed by atoms with Gasteiger partial charge in [0.25, 0.3) is 0 Å². The molecular formula is C11H27NO2. The Kier molecular flexibility index (Phi) is 9.57. The van der Waals surface area contributed by atoms with Crippen LogP contribution < -0.4 is 5.32 Å². The standard InChI is InChI=1S/C6H15N.C5H12O2/c1-5(2)7-6(3)4;1-5(2,7)3-4-6/h5-7H,1-4H3;6-7H,3-4H2,1-2H3. The van der Waals surface area contributed by atoms with Crippen molar-refractivity contribution in [2.24, 2.45) is 0 Å². The smallest absolute Gasteiger partial charge is 0.0613 e. The SMILES string of the molecule is CC(C)(O)CCO.CC(C)NC(C)C. The van der Waals surface area contributed by atoms with Gasteiger partial charge < -0.3 is 15.5 Å². The van der Waals surface area contributed by atoms with E-state index in [4.69, 9.17) is 10.2 Å². The Labute approximate surface area is 88.5 Å². The molecule has 0 amide bonds. The lowest BCUT2D eigenvalue weighted by molar-refractivity contribution is 0.0515. The summed E-state index contributed by atoms with van der Waals surface area (Å²) in [5.41, 5.74) is -0.700. The molecule has 3 N–H and O–H groups in total. The van der Waals surface area contributed by atoms with Crippen molar-refractivity contribution >= 4 is 0 Å². The third-order valence-corrected chi connectivity index (χ3v) is 1.39. The summed E-state index contributed by atoms with van der Waals surface area (Å²) in [5.74, 6) is 0. The molecule has 0 bridgehead atoms. The third-order valence-electron chi connectivity index (χ3n) is 1.39. The molecule has 0 aliphatic rings. The first-order chi connectivity index (χ1) is 6.19. The van der Waals surface area contributed by atoms with Crippen LogP contribution in [-0.4, -0.2) is 34.5 Å². The van der Waals surface area contributed by atoms with E-state index in [1.807, 2.05) is 0 Å². The normalized spacial score (nSPS) is 11.6. The maximum atomic E-state index is 8.86. The summed E-state index contributed by atoms with van der Waals surface area (Å²) < 4.78 is 0. The van der Waals surface area contributed by atoms with Gasteiger partial charge in [-0.3, -0.25) is 0 Å². The van der Waals surface area contributed by atoms with Gasteiger partial charge in [-0.2, -0.15) is 0 Å². The fourth-order valence-electron chi connectivity index (χ4n) is 0.940. The van der Waals surface area contributed by atoms with Gasteiger partial charge in [-0.1, -0.05) is 27.7 Å². The van der Waals surface area contributed by atoms with E-state index in [1.165, 1.54) is 0 Å². The minimum atomic E-state index is -0.700. The van der Waals surface area contributed by atoms with Gasteiger partial charge in [0, 0.05) is 18.7 Å². The van der Waals surface area contributed by atoms with Gasteiger partial charge in [-0.25, -0.2) is 0 Å². The summed E-state index contributed by atoms with van der Waals surface area (Å²) in [7, 11) is 0. The predicted molar refractivity (Wildman–Crippen MR) is 61.4 cm³/mol. The summed E-state index contributed by atoms with van der Waals surface area (Å²) in [5, 5.41) is 20.4. The second kappa shape index (κ2) is 8.21. The van der Waals surface area contributed by atoms with E-state index in [2.05, 4.69) is 33.0 Å². The van der Waals surface area contributed by atoms with Gasteiger partial charge in [0.15, 0.2) is 0 Å². The van der Waals surface area contributed by atoms with Crippen molar-refractivity contribution in [2.75, 3.05) is 6.61 Å². The highest BCUT2D eigenvalue weighted by Gasteiger charge is 2.09. The summed E-state index contributed by atoms with van der Waals surface area (Å²) in [6.07, 6.45) is 0.451. The minimum absolute atomic E-state index is 0.0590. The van der Waals surface area contributed by atoms with Gasteiger partial charge in [0.05, 0.1) is 5.60 Å². The van der Waals surface area contributed by atoms with E-state index in [0.29, 0.717) is 18.5 Å². The van der Waals surface area contributed by atoms with Crippen LogP contribution in [0.15, 0.2) is 0 Å². The van der Waals surface area contributed by atoms with Crippen molar-refractivity contribution < 1.29 is 10.2 Å². The Bertz CT molecular complexity index is 111.